The van der Waals surface area contributed by atoms with Crippen LogP contribution < -0.4 is 15.0 Å². The summed E-state index contributed by atoms with van der Waals surface area (Å²) in [5, 5.41) is 14.5. The van der Waals surface area contributed by atoms with Gasteiger partial charge in [-0.25, -0.2) is 17.6 Å². The highest BCUT2D eigenvalue weighted by atomic mass is 35.5. The highest BCUT2D eigenvalue weighted by Crippen LogP contribution is 2.45. The molecule has 4 aliphatic heterocycles. The summed E-state index contributed by atoms with van der Waals surface area (Å²) in [6.07, 6.45) is 7.99. The lowest BCUT2D eigenvalue weighted by Crippen LogP contribution is -2.63. The molecule has 47 heavy (non-hydrogen) atoms. The second-order valence-electron chi connectivity index (χ2n) is 13.4. The predicted octanol–water partition coefficient (Wildman–Crippen LogP) is 6.65. The van der Waals surface area contributed by atoms with Crippen LogP contribution in [-0.4, -0.2) is 76.3 Å². The van der Waals surface area contributed by atoms with Gasteiger partial charge in [0, 0.05) is 35.5 Å². The van der Waals surface area contributed by atoms with Gasteiger partial charge in [-0.3, -0.25) is 4.90 Å². The van der Waals surface area contributed by atoms with Crippen LogP contribution in [0.1, 0.15) is 44.1 Å². The van der Waals surface area contributed by atoms with E-state index in [1.807, 2.05) is 0 Å². The zero-order valence-corrected chi connectivity index (χ0v) is 26.2. The number of phenolic OH excluding ortho intramolecular Hbond substituents is 1. The van der Waals surface area contributed by atoms with Crippen LogP contribution in [0.25, 0.3) is 32.8 Å². The first-order chi connectivity index (χ1) is 22.6. The standard InChI is InChI=1S/C35H32ClF4N5O2/c1-2-22-26(37)6-5-19-13-21(46)14-23(27(19)22)28-25(36)15-24-30(29(28)38)41-33(47-18-34-8-3-11-45(34)12-4-9-34)42-31(24)44-16-20-7-10-35(17-44,43-20)32(39)40/h1,5-6,13-15,20,32,43,46H,3-4,7-12,16-18H2/t20-,35+/m1/s1. The Hall–Kier alpha value is -3.85. The normalized spacial score (nSPS) is 23.6. The van der Waals surface area contributed by atoms with Gasteiger partial charge >= 0.3 is 6.01 Å². The molecule has 0 aliphatic carbocycles. The number of aromatic hydroxyl groups is 1. The van der Waals surface area contributed by atoms with E-state index >= 15 is 4.39 Å². The topological polar surface area (TPSA) is 73.8 Å². The highest BCUT2D eigenvalue weighted by Gasteiger charge is 2.51. The third-order valence-corrected chi connectivity index (χ3v) is 10.9. The number of hydrogen-bond donors (Lipinski definition) is 2. The summed E-state index contributed by atoms with van der Waals surface area (Å²) >= 11 is 6.83. The minimum atomic E-state index is -2.62. The summed E-state index contributed by atoms with van der Waals surface area (Å²) in [6, 6.07) is 6.54. The van der Waals surface area contributed by atoms with Gasteiger partial charge in [0.2, 0.25) is 0 Å². The molecule has 2 bridgehead atoms. The molecule has 3 aromatic carbocycles. The molecule has 0 saturated carbocycles. The first-order valence-electron chi connectivity index (χ1n) is 15.9. The lowest BCUT2D eigenvalue weighted by atomic mass is 9.92. The molecule has 8 rings (SSSR count). The third-order valence-electron chi connectivity index (χ3n) is 10.7. The lowest BCUT2D eigenvalue weighted by molar-refractivity contribution is 0.0367. The molecular formula is C35H32ClF4N5O2. The fraction of sp³-hybridized carbons (Fsp3) is 0.429. The Morgan fingerprint density at radius 3 is 2.66 bits per heavy atom. The Morgan fingerprint density at radius 2 is 1.91 bits per heavy atom. The Morgan fingerprint density at radius 1 is 1.13 bits per heavy atom. The molecule has 12 heteroatoms. The number of anilines is 1. The number of alkyl halides is 2. The molecule has 0 radical (unpaired) electrons. The summed E-state index contributed by atoms with van der Waals surface area (Å²) in [5.41, 5.74) is -1.87. The SMILES string of the molecule is C#Cc1c(F)ccc2cc(O)cc(-c3c(Cl)cc4c(N5C[C@H]6CC[C@@](C(F)F)(C5)N6)nc(OCC56CCCN5CCC6)nc4c3F)c12. The minimum Gasteiger partial charge on any atom is -0.508 e. The molecule has 0 amide bonds. The number of fused-ring (bicyclic) bond motifs is 5. The number of phenols is 1. The van der Waals surface area contributed by atoms with Gasteiger partial charge in [-0.05, 0) is 86.8 Å². The summed E-state index contributed by atoms with van der Waals surface area (Å²) in [6.45, 7) is 2.61. The van der Waals surface area contributed by atoms with E-state index < -0.39 is 23.6 Å². The monoisotopic (exact) mass is 665 g/mol. The molecule has 4 fully saturated rings. The van der Waals surface area contributed by atoms with Crippen LogP contribution in [0.3, 0.4) is 0 Å². The maximum absolute atomic E-state index is 17.0. The zero-order valence-electron chi connectivity index (χ0n) is 25.4. The average molecular weight is 666 g/mol. The van der Waals surface area contributed by atoms with Gasteiger partial charge in [0.1, 0.15) is 29.5 Å². The van der Waals surface area contributed by atoms with Crippen molar-refractivity contribution in [1.29, 1.82) is 0 Å². The summed E-state index contributed by atoms with van der Waals surface area (Å²) in [5.74, 6) is 0.858. The van der Waals surface area contributed by atoms with Gasteiger partial charge < -0.3 is 20.1 Å². The Labute approximate surface area is 273 Å². The number of benzene rings is 3. The van der Waals surface area contributed by atoms with Crippen molar-refractivity contribution in [3.8, 4) is 35.2 Å². The Balaban J connectivity index is 1.32. The van der Waals surface area contributed by atoms with Gasteiger partial charge in [0.25, 0.3) is 6.43 Å². The van der Waals surface area contributed by atoms with Crippen molar-refractivity contribution in [1.82, 2.24) is 20.2 Å². The van der Waals surface area contributed by atoms with E-state index in [2.05, 4.69) is 21.1 Å². The predicted molar refractivity (Wildman–Crippen MR) is 172 cm³/mol. The maximum Gasteiger partial charge on any atom is 0.319 e. The van der Waals surface area contributed by atoms with Gasteiger partial charge in [0.15, 0.2) is 5.82 Å². The number of ether oxygens (including phenoxy) is 1. The quantitative estimate of drug-likeness (QED) is 0.177. The van der Waals surface area contributed by atoms with Crippen LogP contribution in [-0.2, 0) is 0 Å². The van der Waals surface area contributed by atoms with Crippen molar-refractivity contribution in [3.63, 3.8) is 0 Å². The molecule has 0 unspecified atom stereocenters. The molecule has 4 aliphatic rings. The molecule has 1 aromatic heterocycles. The molecule has 7 nitrogen and oxygen atoms in total. The van der Waals surface area contributed by atoms with Gasteiger partial charge in [-0.2, -0.15) is 9.97 Å². The zero-order chi connectivity index (χ0) is 32.7. The summed E-state index contributed by atoms with van der Waals surface area (Å²) < 4.78 is 67.1. The van der Waals surface area contributed by atoms with Crippen LogP contribution in [0.4, 0.5) is 23.4 Å². The first-order valence-corrected chi connectivity index (χ1v) is 16.3. The molecular weight excluding hydrogens is 634 g/mol. The number of hydrogen-bond acceptors (Lipinski definition) is 7. The Kier molecular flexibility index (Phi) is 7.21. The van der Waals surface area contributed by atoms with Crippen molar-refractivity contribution < 1.29 is 27.4 Å². The average Bonchev–Trinajstić information content (AvgIpc) is 3.72. The minimum absolute atomic E-state index is 0.0482. The molecule has 5 heterocycles. The number of piperazine rings is 1. The number of halogens is 5. The fourth-order valence-electron chi connectivity index (χ4n) is 8.45. The van der Waals surface area contributed by atoms with Crippen LogP contribution in [0.15, 0.2) is 30.3 Å². The van der Waals surface area contributed by atoms with Crippen LogP contribution >= 0.6 is 11.6 Å². The fourth-order valence-corrected chi connectivity index (χ4v) is 8.75. The van der Waals surface area contributed by atoms with E-state index in [0.29, 0.717) is 31.4 Å². The summed E-state index contributed by atoms with van der Waals surface area (Å²) in [7, 11) is 0. The molecule has 2 N–H and O–H groups in total. The largest absolute Gasteiger partial charge is 0.508 e. The van der Waals surface area contributed by atoms with Crippen LogP contribution in [0.5, 0.6) is 11.8 Å². The van der Waals surface area contributed by atoms with E-state index in [1.54, 1.807) is 4.90 Å². The van der Waals surface area contributed by atoms with Gasteiger partial charge in [-0.1, -0.05) is 23.6 Å². The second kappa shape index (κ2) is 11.1. The van der Waals surface area contributed by atoms with Crippen molar-refractivity contribution in [3.05, 3.63) is 52.6 Å². The second-order valence-corrected chi connectivity index (χ2v) is 13.8. The number of terminal acetylenes is 1. The van der Waals surface area contributed by atoms with E-state index in [-0.39, 0.29) is 73.7 Å². The number of nitrogens with zero attached hydrogens (tertiary/aromatic N) is 4. The molecule has 244 valence electrons. The van der Waals surface area contributed by atoms with Gasteiger partial charge in [0.05, 0.1) is 21.7 Å². The van der Waals surface area contributed by atoms with Crippen molar-refractivity contribution in [2.45, 2.75) is 62.1 Å². The molecule has 2 atom stereocenters. The Bertz CT molecular complexity index is 1980. The van der Waals surface area contributed by atoms with E-state index in [1.165, 1.54) is 30.3 Å². The summed E-state index contributed by atoms with van der Waals surface area (Å²) in [4.78, 5) is 13.4. The third kappa shape index (κ3) is 4.79. The van der Waals surface area contributed by atoms with Gasteiger partial charge in [-0.15, -0.1) is 6.42 Å². The molecule has 4 aromatic rings. The number of nitrogens with one attached hydrogen (secondary N) is 1. The van der Waals surface area contributed by atoms with Crippen molar-refractivity contribution in [2.75, 3.05) is 37.7 Å². The van der Waals surface area contributed by atoms with Crippen molar-refractivity contribution >= 4 is 39.1 Å². The van der Waals surface area contributed by atoms with Crippen LogP contribution in [0, 0.1) is 24.0 Å². The molecule has 0 spiro atoms. The van der Waals surface area contributed by atoms with E-state index in [0.717, 1.165) is 38.8 Å². The molecule has 4 saturated heterocycles. The smallest absolute Gasteiger partial charge is 0.319 e. The lowest BCUT2D eigenvalue weighted by Gasteiger charge is -2.41. The first kappa shape index (κ1) is 30.5. The van der Waals surface area contributed by atoms with E-state index in [9.17, 15) is 18.3 Å². The maximum atomic E-state index is 17.0. The number of rotatable bonds is 6. The van der Waals surface area contributed by atoms with Crippen LogP contribution in [0.2, 0.25) is 5.02 Å². The number of aromatic nitrogens is 2. The van der Waals surface area contributed by atoms with Crippen molar-refractivity contribution in [2.24, 2.45) is 0 Å². The highest BCUT2D eigenvalue weighted by molar-refractivity contribution is 6.35. The van der Waals surface area contributed by atoms with E-state index in [4.69, 9.17) is 27.7 Å².